The lowest BCUT2D eigenvalue weighted by Gasteiger charge is -2.32. The molecule has 7 heteroatoms. The number of ether oxygens (including phenoxy) is 1. The van der Waals surface area contributed by atoms with Crippen LogP contribution in [-0.4, -0.2) is 42.9 Å². The van der Waals surface area contributed by atoms with Crippen molar-refractivity contribution in [1.82, 2.24) is 10.2 Å². The summed E-state index contributed by atoms with van der Waals surface area (Å²) in [6.45, 7) is 1.29. The van der Waals surface area contributed by atoms with Crippen LogP contribution in [0.5, 0.6) is 5.75 Å². The van der Waals surface area contributed by atoms with Gasteiger partial charge in [-0.15, -0.1) is 0 Å². The van der Waals surface area contributed by atoms with Gasteiger partial charge in [-0.05, 0) is 42.7 Å². The molecule has 28 heavy (non-hydrogen) atoms. The van der Waals surface area contributed by atoms with Crippen LogP contribution in [0.1, 0.15) is 28.8 Å². The van der Waals surface area contributed by atoms with Crippen LogP contribution < -0.4 is 10.1 Å². The summed E-state index contributed by atoms with van der Waals surface area (Å²) in [5, 5.41) is 3.02. The smallest absolute Gasteiger partial charge is 0.255 e. The first kappa shape index (κ1) is 20.7. The number of nitrogens with one attached hydrogen (secondary N) is 1. The van der Waals surface area contributed by atoms with Gasteiger partial charge in [-0.1, -0.05) is 40.2 Å². The van der Waals surface area contributed by atoms with E-state index >= 15 is 0 Å². The van der Waals surface area contributed by atoms with E-state index in [1.807, 2.05) is 30.3 Å². The van der Waals surface area contributed by atoms with Gasteiger partial charge in [-0.25, -0.2) is 8.78 Å². The number of nitrogens with zero attached hydrogens (tertiary/aromatic N) is 1. The molecule has 0 spiro atoms. The summed E-state index contributed by atoms with van der Waals surface area (Å²) >= 11 is 3.43. The Hall–Kier alpha value is -1.99. The lowest BCUT2D eigenvalue weighted by Crippen LogP contribution is -2.45. The molecule has 0 aliphatic carbocycles. The minimum absolute atomic E-state index is 0.0143. The number of rotatable bonds is 7. The summed E-state index contributed by atoms with van der Waals surface area (Å²) in [5.41, 5.74) is 1.48. The number of likely N-dealkylation sites (tertiary alicyclic amines) is 1. The molecule has 3 rings (SSSR count). The molecule has 0 aromatic heterocycles. The van der Waals surface area contributed by atoms with Gasteiger partial charge < -0.3 is 10.1 Å². The van der Waals surface area contributed by atoms with E-state index in [1.54, 1.807) is 23.1 Å². The Morgan fingerprint density at radius 2 is 1.93 bits per heavy atom. The van der Waals surface area contributed by atoms with Gasteiger partial charge in [-0.3, -0.25) is 9.69 Å². The molecule has 0 saturated carbocycles. The predicted molar refractivity (Wildman–Crippen MR) is 108 cm³/mol. The van der Waals surface area contributed by atoms with E-state index < -0.39 is 6.43 Å². The van der Waals surface area contributed by atoms with Crippen molar-refractivity contribution >= 4 is 21.8 Å². The zero-order chi connectivity index (χ0) is 19.9. The highest BCUT2D eigenvalue weighted by molar-refractivity contribution is 9.10. The SMILES string of the molecule is O=C(NC1CCN(CC(F)F)CC1)c1ccccc1OCc1cccc(Br)c1. The number of carbonyl (C=O) groups is 1. The van der Waals surface area contributed by atoms with Crippen LogP contribution in [-0.2, 0) is 6.61 Å². The first-order valence-corrected chi connectivity index (χ1v) is 10.1. The number of alkyl halides is 2. The van der Waals surface area contributed by atoms with E-state index in [9.17, 15) is 13.6 Å². The minimum Gasteiger partial charge on any atom is -0.488 e. The first-order chi connectivity index (χ1) is 13.5. The second-order valence-electron chi connectivity index (χ2n) is 6.85. The third-order valence-electron chi connectivity index (χ3n) is 4.73. The molecule has 4 nitrogen and oxygen atoms in total. The van der Waals surface area contributed by atoms with Crippen molar-refractivity contribution in [3.63, 3.8) is 0 Å². The van der Waals surface area contributed by atoms with Gasteiger partial charge in [0.2, 0.25) is 0 Å². The second kappa shape index (κ2) is 9.98. The summed E-state index contributed by atoms with van der Waals surface area (Å²) in [6, 6.07) is 14.9. The Balaban J connectivity index is 1.57. The molecule has 0 unspecified atom stereocenters. The average Bonchev–Trinajstić information content (AvgIpc) is 2.68. The number of carbonyl (C=O) groups excluding carboxylic acids is 1. The first-order valence-electron chi connectivity index (χ1n) is 9.29. The molecule has 2 aromatic rings. The van der Waals surface area contributed by atoms with Crippen LogP contribution in [0.15, 0.2) is 53.0 Å². The van der Waals surface area contributed by atoms with Crippen LogP contribution in [0, 0.1) is 0 Å². The molecule has 1 N–H and O–H groups in total. The highest BCUT2D eigenvalue weighted by Gasteiger charge is 2.23. The highest BCUT2D eigenvalue weighted by Crippen LogP contribution is 2.21. The molecule has 0 radical (unpaired) electrons. The van der Waals surface area contributed by atoms with Crippen LogP contribution >= 0.6 is 15.9 Å². The molecule has 1 heterocycles. The molecule has 1 aliphatic heterocycles. The van der Waals surface area contributed by atoms with Gasteiger partial charge in [0.1, 0.15) is 12.4 Å². The maximum atomic E-state index is 12.7. The monoisotopic (exact) mass is 452 g/mol. The second-order valence-corrected chi connectivity index (χ2v) is 7.77. The molecule has 0 bridgehead atoms. The zero-order valence-corrected chi connectivity index (χ0v) is 17.0. The van der Waals surface area contributed by atoms with Crippen molar-refractivity contribution < 1.29 is 18.3 Å². The Kier molecular flexibility index (Phi) is 7.39. The van der Waals surface area contributed by atoms with Crippen LogP contribution in [0.4, 0.5) is 8.78 Å². The zero-order valence-electron chi connectivity index (χ0n) is 15.4. The fourth-order valence-corrected chi connectivity index (χ4v) is 3.73. The van der Waals surface area contributed by atoms with Gasteiger partial charge in [0, 0.05) is 23.6 Å². The topological polar surface area (TPSA) is 41.6 Å². The van der Waals surface area contributed by atoms with Gasteiger partial charge in [-0.2, -0.15) is 0 Å². The Labute approximate surface area is 172 Å². The largest absolute Gasteiger partial charge is 0.488 e. The molecule has 1 aliphatic rings. The number of benzene rings is 2. The molecular formula is C21H23BrF2N2O2. The fourth-order valence-electron chi connectivity index (χ4n) is 3.29. The van der Waals surface area contributed by atoms with E-state index in [0.29, 0.717) is 43.9 Å². The number of piperidine rings is 1. The standard InChI is InChI=1S/C21H23BrF2N2O2/c22-16-5-3-4-15(12-16)14-28-19-7-2-1-6-18(19)21(27)25-17-8-10-26(11-9-17)13-20(23)24/h1-7,12,17,20H,8-11,13-14H2,(H,25,27). The van der Waals surface area contributed by atoms with Gasteiger partial charge in [0.15, 0.2) is 0 Å². The maximum Gasteiger partial charge on any atom is 0.255 e. The van der Waals surface area contributed by atoms with Gasteiger partial charge in [0.05, 0.1) is 12.1 Å². The van der Waals surface area contributed by atoms with Crippen LogP contribution in [0.3, 0.4) is 0 Å². The molecular weight excluding hydrogens is 430 g/mol. The van der Waals surface area contributed by atoms with Crippen molar-refractivity contribution in [2.45, 2.75) is 31.9 Å². The number of amides is 1. The molecule has 1 amide bonds. The fraction of sp³-hybridized carbons (Fsp3) is 0.381. The van der Waals surface area contributed by atoms with E-state index in [1.165, 1.54) is 0 Å². The highest BCUT2D eigenvalue weighted by atomic mass is 79.9. The Morgan fingerprint density at radius 3 is 2.64 bits per heavy atom. The predicted octanol–water partition coefficient (Wildman–Crippen LogP) is 4.49. The van der Waals surface area contributed by atoms with Crippen molar-refractivity contribution in [2.24, 2.45) is 0 Å². The molecule has 0 atom stereocenters. The van der Waals surface area contributed by atoms with Crippen LogP contribution in [0.25, 0.3) is 0 Å². The maximum absolute atomic E-state index is 12.7. The minimum atomic E-state index is -2.32. The molecule has 2 aromatic carbocycles. The Bertz CT molecular complexity index is 795. The number of halogens is 3. The lowest BCUT2D eigenvalue weighted by molar-refractivity contribution is 0.0695. The Morgan fingerprint density at radius 1 is 1.18 bits per heavy atom. The summed E-state index contributed by atoms with van der Waals surface area (Å²) in [5.74, 6) is 0.326. The number of hydrogen-bond acceptors (Lipinski definition) is 3. The van der Waals surface area contributed by atoms with Crippen molar-refractivity contribution in [3.05, 3.63) is 64.1 Å². The van der Waals surface area contributed by atoms with Crippen molar-refractivity contribution in [2.75, 3.05) is 19.6 Å². The number of hydrogen-bond donors (Lipinski definition) is 1. The van der Waals surface area contributed by atoms with E-state index in [4.69, 9.17) is 4.74 Å². The summed E-state index contributed by atoms with van der Waals surface area (Å²) in [4.78, 5) is 14.5. The van der Waals surface area contributed by atoms with Crippen molar-refractivity contribution in [1.29, 1.82) is 0 Å². The third-order valence-corrected chi connectivity index (χ3v) is 5.23. The number of para-hydroxylation sites is 1. The van der Waals surface area contributed by atoms with Gasteiger partial charge >= 0.3 is 0 Å². The normalized spacial score (nSPS) is 15.6. The average molecular weight is 453 g/mol. The summed E-state index contributed by atoms with van der Waals surface area (Å²) in [6.07, 6.45) is -0.987. The van der Waals surface area contributed by atoms with E-state index in [-0.39, 0.29) is 18.5 Å². The molecule has 150 valence electrons. The summed E-state index contributed by atoms with van der Waals surface area (Å²) in [7, 11) is 0. The molecule has 1 fully saturated rings. The lowest BCUT2D eigenvalue weighted by atomic mass is 10.0. The third kappa shape index (κ3) is 6.01. The quantitative estimate of drug-likeness (QED) is 0.672. The van der Waals surface area contributed by atoms with Gasteiger partial charge in [0.25, 0.3) is 12.3 Å². The van der Waals surface area contributed by atoms with E-state index in [0.717, 1.165) is 10.0 Å². The summed E-state index contributed by atoms with van der Waals surface area (Å²) < 4.78 is 31.8. The van der Waals surface area contributed by atoms with Crippen molar-refractivity contribution in [3.8, 4) is 5.75 Å². The molecule has 1 saturated heterocycles. The van der Waals surface area contributed by atoms with E-state index in [2.05, 4.69) is 21.2 Å². The van der Waals surface area contributed by atoms with Crippen LogP contribution in [0.2, 0.25) is 0 Å².